The first kappa shape index (κ1) is 16.4. The molecule has 1 aliphatic heterocycles. The molecule has 0 aromatic rings. The Morgan fingerprint density at radius 3 is 2.79 bits per heavy atom. The molecule has 19 heavy (non-hydrogen) atoms. The fourth-order valence-electron chi connectivity index (χ4n) is 2.34. The van der Waals surface area contributed by atoms with Crippen LogP contribution in [0.5, 0.6) is 0 Å². The van der Waals surface area contributed by atoms with Gasteiger partial charge in [0.1, 0.15) is 6.61 Å². The predicted molar refractivity (Wildman–Crippen MR) is 75.1 cm³/mol. The van der Waals surface area contributed by atoms with Gasteiger partial charge in [0.05, 0.1) is 13.2 Å². The van der Waals surface area contributed by atoms with Crippen LogP contribution in [-0.2, 0) is 14.3 Å². The third kappa shape index (κ3) is 6.36. The van der Waals surface area contributed by atoms with Gasteiger partial charge in [-0.15, -0.1) is 0 Å². The van der Waals surface area contributed by atoms with Crippen LogP contribution in [0.2, 0.25) is 0 Å². The standard InChI is InChI=1S/C14H28N2O3/c1-12(2)16(10-13-5-4-6-15-9-13)14(17)11-19-8-7-18-3/h12-13,15H,4-11H2,1-3H3. The highest BCUT2D eigenvalue weighted by Gasteiger charge is 2.22. The van der Waals surface area contributed by atoms with Gasteiger partial charge in [-0.1, -0.05) is 0 Å². The van der Waals surface area contributed by atoms with Crippen molar-refractivity contribution in [1.82, 2.24) is 10.2 Å². The summed E-state index contributed by atoms with van der Waals surface area (Å²) >= 11 is 0. The van der Waals surface area contributed by atoms with Gasteiger partial charge in [0.25, 0.3) is 0 Å². The zero-order chi connectivity index (χ0) is 14.1. The number of methoxy groups -OCH3 is 1. The molecular formula is C14H28N2O3. The number of rotatable bonds is 8. The van der Waals surface area contributed by atoms with Gasteiger partial charge in [0.15, 0.2) is 0 Å². The first-order chi connectivity index (χ1) is 9.15. The van der Waals surface area contributed by atoms with Crippen LogP contribution in [0.3, 0.4) is 0 Å². The second-order valence-electron chi connectivity index (χ2n) is 5.40. The number of hydrogen-bond acceptors (Lipinski definition) is 4. The van der Waals surface area contributed by atoms with E-state index in [1.54, 1.807) is 7.11 Å². The summed E-state index contributed by atoms with van der Waals surface area (Å²) in [4.78, 5) is 14.1. The lowest BCUT2D eigenvalue weighted by atomic mass is 9.98. The zero-order valence-electron chi connectivity index (χ0n) is 12.5. The summed E-state index contributed by atoms with van der Waals surface area (Å²) in [6, 6.07) is 0.223. The van der Waals surface area contributed by atoms with Crippen LogP contribution >= 0.6 is 0 Å². The van der Waals surface area contributed by atoms with E-state index in [0.717, 1.165) is 19.6 Å². The summed E-state index contributed by atoms with van der Waals surface area (Å²) in [6.07, 6.45) is 2.41. The Kier molecular flexibility index (Phi) is 8.02. The molecular weight excluding hydrogens is 244 g/mol. The van der Waals surface area contributed by atoms with E-state index in [-0.39, 0.29) is 18.6 Å². The SMILES string of the molecule is COCCOCC(=O)N(CC1CCCNC1)C(C)C. The molecule has 1 unspecified atom stereocenters. The first-order valence-electron chi connectivity index (χ1n) is 7.22. The normalized spacial score (nSPS) is 19.7. The Labute approximate surface area is 116 Å². The third-order valence-corrected chi connectivity index (χ3v) is 3.45. The maximum absolute atomic E-state index is 12.2. The molecule has 0 saturated carbocycles. The van der Waals surface area contributed by atoms with Gasteiger partial charge in [-0.25, -0.2) is 0 Å². The highest BCUT2D eigenvalue weighted by atomic mass is 16.5. The van der Waals surface area contributed by atoms with E-state index in [1.165, 1.54) is 12.8 Å². The Bertz CT molecular complexity index is 253. The highest BCUT2D eigenvalue weighted by molar-refractivity contribution is 5.77. The third-order valence-electron chi connectivity index (χ3n) is 3.45. The molecule has 1 heterocycles. The number of carbonyl (C=O) groups excluding carboxylic acids is 1. The van der Waals surface area contributed by atoms with Crippen molar-refractivity contribution in [2.75, 3.05) is 46.6 Å². The second-order valence-corrected chi connectivity index (χ2v) is 5.40. The highest BCUT2D eigenvalue weighted by Crippen LogP contribution is 2.13. The second kappa shape index (κ2) is 9.28. The van der Waals surface area contributed by atoms with Crippen LogP contribution in [0, 0.1) is 5.92 Å². The Morgan fingerprint density at radius 2 is 2.21 bits per heavy atom. The molecule has 5 heteroatoms. The fourth-order valence-corrected chi connectivity index (χ4v) is 2.34. The van der Waals surface area contributed by atoms with Gasteiger partial charge in [-0.05, 0) is 45.7 Å². The molecule has 1 N–H and O–H groups in total. The van der Waals surface area contributed by atoms with E-state index >= 15 is 0 Å². The lowest BCUT2D eigenvalue weighted by Crippen LogP contribution is -2.45. The van der Waals surface area contributed by atoms with E-state index in [4.69, 9.17) is 9.47 Å². The molecule has 112 valence electrons. The minimum Gasteiger partial charge on any atom is -0.382 e. The number of piperidine rings is 1. The molecule has 0 bridgehead atoms. The van der Waals surface area contributed by atoms with Crippen LogP contribution in [0.4, 0.5) is 0 Å². The van der Waals surface area contributed by atoms with Crippen molar-refractivity contribution in [2.24, 2.45) is 5.92 Å². The number of ether oxygens (including phenoxy) is 2. The van der Waals surface area contributed by atoms with E-state index in [0.29, 0.717) is 19.1 Å². The average molecular weight is 272 g/mol. The van der Waals surface area contributed by atoms with Gasteiger partial charge < -0.3 is 19.7 Å². The van der Waals surface area contributed by atoms with Crippen molar-refractivity contribution in [3.8, 4) is 0 Å². The van der Waals surface area contributed by atoms with Crippen molar-refractivity contribution in [2.45, 2.75) is 32.7 Å². The van der Waals surface area contributed by atoms with E-state index < -0.39 is 0 Å². The van der Waals surface area contributed by atoms with Crippen LogP contribution in [0.25, 0.3) is 0 Å². The van der Waals surface area contributed by atoms with Crippen molar-refractivity contribution < 1.29 is 14.3 Å². The molecule has 5 nitrogen and oxygen atoms in total. The lowest BCUT2D eigenvalue weighted by Gasteiger charge is -2.32. The fraction of sp³-hybridized carbons (Fsp3) is 0.929. The Balaban J connectivity index is 2.35. The topological polar surface area (TPSA) is 50.8 Å². The molecule has 0 spiro atoms. The summed E-state index contributed by atoms with van der Waals surface area (Å²) < 4.78 is 10.2. The van der Waals surface area contributed by atoms with E-state index in [1.807, 2.05) is 4.90 Å². The minimum absolute atomic E-state index is 0.0803. The molecule has 1 fully saturated rings. The molecule has 1 aliphatic rings. The largest absolute Gasteiger partial charge is 0.382 e. The molecule has 0 aromatic carbocycles. The summed E-state index contributed by atoms with van der Waals surface area (Å²) in [7, 11) is 1.63. The van der Waals surface area contributed by atoms with Crippen molar-refractivity contribution in [3.63, 3.8) is 0 Å². The smallest absolute Gasteiger partial charge is 0.248 e. The lowest BCUT2D eigenvalue weighted by molar-refractivity contribution is -0.139. The number of amides is 1. The molecule has 0 aromatic heterocycles. The molecule has 1 rings (SSSR count). The minimum atomic E-state index is 0.0803. The van der Waals surface area contributed by atoms with Crippen LogP contribution in [0.1, 0.15) is 26.7 Å². The summed E-state index contributed by atoms with van der Waals surface area (Å²) in [5.41, 5.74) is 0. The first-order valence-corrected chi connectivity index (χ1v) is 7.22. The molecule has 1 amide bonds. The van der Waals surface area contributed by atoms with Gasteiger partial charge >= 0.3 is 0 Å². The van der Waals surface area contributed by atoms with Gasteiger partial charge in [0, 0.05) is 19.7 Å². The number of nitrogens with one attached hydrogen (secondary N) is 1. The quantitative estimate of drug-likeness (QED) is 0.667. The Hall–Kier alpha value is -0.650. The number of nitrogens with zero attached hydrogens (tertiary/aromatic N) is 1. The molecule has 1 saturated heterocycles. The summed E-state index contributed by atoms with van der Waals surface area (Å²) in [5.74, 6) is 0.649. The number of hydrogen-bond donors (Lipinski definition) is 1. The van der Waals surface area contributed by atoms with Crippen molar-refractivity contribution >= 4 is 5.91 Å². The van der Waals surface area contributed by atoms with Crippen LogP contribution in [-0.4, -0.2) is 63.4 Å². The van der Waals surface area contributed by atoms with Crippen molar-refractivity contribution in [3.05, 3.63) is 0 Å². The predicted octanol–water partition coefficient (Wildman–Crippen LogP) is 0.886. The van der Waals surface area contributed by atoms with Crippen molar-refractivity contribution in [1.29, 1.82) is 0 Å². The molecule has 0 aliphatic carbocycles. The van der Waals surface area contributed by atoms with E-state index in [2.05, 4.69) is 19.2 Å². The molecule has 1 atom stereocenters. The van der Waals surface area contributed by atoms with E-state index in [9.17, 15) is 4.79 Å². The summed E-state index contributed by atoms with van der Waals surface area (Å²) in [6.45, 7) is 8.22. The Morgan fingerprint density at radius 1 is 1.42 bits per heavy atom. The van der Waals surface area contributed by atoms with Gasteiger partial charge in [0.2, 0.25) is 5.91 Å². The maximum Gasteiger partial charge on any atom is 0.248 e. The summed E-state index contributed by atoms with van der Waals surface area (Å²) in [5, 5.41) is 3.39. The maximum atomic E-state index is 12.2. The zero-order valence-corrected chi connectivity index (χ0v) is 12.5. The number of carbonyl (C=O) groups is 1. The average Bonchev–Trinajstić information content (AvgIpc) is 2.41. The van der Waals surface area contributed by atoms with Gasteiger partial charge in [-0.2, -0.15) is 0 Å². The molecule has 0 radical (unpaired) electrons. The monoisotopic (exact) mass is 272 g/mol. The van der Waals surface area contributed by atoms with Crippen LogP contribution in [0.15, 0.2) is 0 Å². The van der Waals surface area contributed by atoms with Crippen LogP contribution < -0.4 is 5.32 Å². The van der Waals surface area contributed by atoms with Gasteiger partial charge in [-0.3, -0.25) is 4.79 Å².